The Labute approximate surface area is 361 Å². The van der Waals surface area contributed by atoms with Gasteiger partial charge >= 0.3 is 0 Å². The van der Waals surface area contributed by atoms with Crippen LogP contribution in [-0.2, 0) is 16.1 Å². The molecule has 5 atom stereocenters. The number of nitrogens with two attached hydrogens (primary N) is 1. The summed E-state index contributed by atoms with van der Waals surface area (Å²) in [5.41, 5.74) is 10.8. The van der Waals surface area contributed by atoms with Gasteiger partial charge in [-0.3, -0.25) is 15.5 Å². The van der Waals surface area contributed by atoms with Crippen LogP contribution in [0.15, 0.2) is 46.9 Å². The van der Waals surface area contributed by atoms with Crippen molar-refractivity contribution < 1.29 is 14.6 Å². The molecule has 5 rings (SSSR count). The second-order valence-corrected chi connectivity index (χ2v) is 20.2. The van der Waals surface area contributed by atoms with Gasteiger partial charge in [-0.05, 0) is 139 Å². The molecule has 0 aromatic carbocycles. The van der Waals surface area contributed by atoms with Crippen molar-refractivity contribution in [2.45, 2.75) is 158 Å². The highest BCUT2D eigenvalue weighted by Crippen LogP contribution is 2.66. The average molecular weight is 830 g/mol. The van der Waals surface area contributed by atoms with Crippen molar-refractivity contribution in [2.75, 3.05) is 39.8 Å². The predicted molar refractivity (Wildman–Crippen MR) is 245 cm³/mol. The van der Waals surface area contributed by atoms with Crippen LogP contribution in [0.3, 0.4) is 0 Å². The van der Waals surface area contributed by atoms with Gasteiger partial charge in [0, 0.05) is 55.0 Å². The van der Waals surface area contributed by atoms with Gasteiger partial charge in [0.1, 0.15) is 29.0 Å². The number of Topliss-reactive ketones (excluding diaryl/α,β-unsaturated/α-hetero) is 1. The quantitative estimate of drug-likeness (QED) is 0.0325. The monoisotopic (exact) mass is 830 g/mol. The lowest BCUT2D eigenvalue weighted by molar-refractivity contribution is -0.207. The first-order chi connectivity index (χ1) is 28.2. The van der Waals surface area contributed by atoms with E-state index in [9.17, 15) is 9.90 Å². The van der Waals surface area contributed by atoms with Gasteiger partial charge in [-0.15, -0.1) is 0 Å². The number of rotatable bonds is 20. The van der Waals surface area contributed by atoms with Crippen LogP contribution in [0.5, 0.6) is 0 Å². The number of nitrogens with one attached hydrogen (secondary N) is 4. The summed E-state index contributed by atoms with van der Waals surface area (Å²) in [5.74, 6) is 1.66. The summed E-state index contributed by atoms with van der Waals surface area (Å²) >= 11 is 0. The Morgan fingerprint density at radius 3 is 2.52 bits per heavy atom. The molecule has 2 saturated carbocycles. The van der Waals surface area contributed by atoms with Gasteiger partial charge in [0.15, 0.2) is 0 Å². The molecule has 1 saturated heterocycles. The van der Waals surface area contributed by atoms with Crippen molar-refractivity contribution >= 4 is 23.0 Å². The van der Waals surface area contributed by atoms with Crippen LogP contribution >= 0.6 is 0 Å². The fraction of sp³-hybridized carbons (Fsp3) is 0.708. The molecule has 12 heteroatoms. The predicted octanol–water partition coefficient (Wildman–Crippen LogP) is 8.95. The Morgan fingerprint density at radius 2 is 1.82 bits per heavy atom. The number of fused-ring (bicyclic) bond motifs is 2. The van der Waals surface area contributed by atoms with Gasteiger partial charge < -0.3 is 40.8 Å². The zero-order valence-corrected chi connectivity index (χ0v) is 38.9. The van der Waals surface area contributed by atoms with E-state index >= 15 is 0 Å². The number of hydrogen-bond donors (Lipinski definition) is 6. The second kappa shape index (κ2) is 19.4. The Bertz CT molecular complexity index is 1880. The van der Waals surface area contributed by atoms with E-state index in [1.165, 1.54) is 19.3 Å². The zero-order valence-electron chi connectivity index (χ0n) is 38.9. The van der Waals surface area contributed by atoms with Gasteiger partial charge in [-0.1, -0.05) is 53.9 Å². The molecule has 60 heavy (non-hydrogen) atoms. The number of dihydropyridines is 1. The largest absolute Gasteiger partial charge is 0.493 e. The summed E-state index contributed by atoms with van der Waals surface area (Å²) in [4.78, 5) is 15.7. The third-order valence-corrected chi connectivity index (χ3v) is 14.4. The van der Waals surface area contributed by atoms with Crippen molar-refractivity contribution in [3.63, 3.8) is 0 Å². The lowest BCUT2D eigenvalue weighted by Crippen LogP contribution is -2.60. The number of likely N-dealkylation sites (N-methyl/N-ethyl adjacent to an activating group) is 1. The van der Waals surface area contributed by atoms with Gasteiger partial charge in [0.25, 0.3) is 0 Å². The summed E-state index contributed by atoms with van der Waals surface area (Å²) in [5, 5.41) is 40.7. The van der Waals surface area contributed by atoms with Crippen LogP contribution in [0.25, 0.3) is 5.57 Å². The average Bonchev–Trinajstić information content (AvgIpc) is 3.52. The van der Waals surface area contributed by atoms with Gasteiger partial charge in [0.05, 0.1) is 18.4 Å². The standard InChI is InChI=1S/C48H79N9O3/c1-11-12-23-55(10)25-26-60-48(9)31-45(6)28-46(7,30-47(8,29-45)36(48)5)32-57-35(4)39(27-53-57)38-20-21-40(56-24-17-19-37(43(56)51)34(3)42(49)50)54-41(38)44(59)52-22-16-14-13-15-18-33(2)58/h20-21,27,36,51-52,54,59H,11-19,22-26,28-32H2,1-10H3,(H3,49,50)/b37-34-,44-41-,51-43?. The number of unbranched alkanes of at least 4 members (excludes halogenated alkanes) is 4. The normalized spacial score (nSPS) is 29.8. The number of ketones is 1. The number of nitrogens with zero attached hydrogens (tertiary/aromatic N) is 4. The first-order valence-corrected chi connectivity index (χ1v) is 22.9. The number of likely N-dealkylation sites (tertiary alicyclic amines) is 1. The number of ether oxygens (including phenoxy) is 1. The third-order valence-electron chi connectivity index (χ3n) is 14.4. The van der Waals surface area contributed by atoms with Crippen LogP contribution in [-0.4, -0.2) is 87.6 Å². The number of hydrogen-bond acceptors (Lipinski definition) is 9. The molecule has 1 aromatic heterocycles. The topological polar surface area (TPSA) is 169 Å². The fourth-order valence-corrected chi connectivity index (χ4v) is 11.6. The van der Waals surface area contributed by atoms with E-state index in [2.05, 4.69) is 75.7 Å². The van der Waals surface area contributed by atoms with E-state index in [0.29, 0.717) is 54.8 Å². The lowest BCUT2D eigenvalue weighted by Gasteiger charge is -2.64. The molecule has 5 unspecified atom stereocenters. The molecule has 0 amide bonds. The summed E-state index contributed by atoms with van der Waals surface area (Å²) in [7, 11) is 2.21. The molecule has 3 heterocycles. The van der Waals surface area contributed by atoms with Crippen molar-refractivity contribution in [1.29, 1.82) is 10.8 Å². The minimum atomic E-state index is -0.165. The van der Waals surface area contributed by atoms with E-state index in [-0.39, 0.29) is 39.3 Å². The Balaban J connectivity index is 1.38. The first-order valence-electron chi connectivity index (χ1n) is 22.9. The number of amidine groups is 2. The highest BCUT2D eigenvalue weighted by Gasteiger charge is 2.60. The Kier molecular flexibility index (Phi) is 15.3. The van der Waals surface area contributed by atoms with Crippen LogP contribution in [0, 0.1) is 39.9 Å². The molecule has 12 nitrogen and oxygen atoms in total. The lowest BCUT2D eigenvalue weighted by atomic mass is 9.43. The molecule has 2 aliphatic heterocycles. The molecule has 4 aliphatic rings. The van der Waals surface area contributed by atoms with E-state index in [4.69, 9.17) is 26.4 Å². The van der Waals surface area contributed by atoms with Crippen molar-refractivity contribution in [2.24, 2.45) is 27.9 Å². The molecule has 7 N–H and O–H groups in total. The van der Waals surface area contributed by atoms with Crippen LogP contribution in [0.4, 0.5) is 0 Å². The number of piperidine rings is 1. The molecule has 334 valence electrons. The van der Waals surface area contributed by atoms with E-state index in [0.717, 1.165) is 100 Å². The molecular weight excluding hydrogens is 751 g/mol. The van der Waals surface area contributed by atoms with Gasteiger partial charge in [0.2, 0.25) is 5.88 Å². The minimum absolute atomic E-state index is 0.0206. The maximum atomic E-state index is 11.7. The van der Waals surface area contributed by atoms with Gasteiger partial charge in [-0.25, -0.2) is 0 Å². The molecule has 1 aromatic rings. The Morgan fingerprint density at radius 1 is 1.08 bits per heavy atom. The number of carbonyl (C=O) groups excluding carboxylic acids is 1. The zero-order chi connectivity index (χ0) is 44.0. The van der Waals surface area contributed by atoms with E-state index in [1.807, 2.05) is 23.2 Å². The highest BCUT2D eigenvalue weighted by molar-refractivity contribution is 6.07. The second-order valence-electron chi connectivity index (χ2n) is 20.2. The molecule has 0 radical (unpaired) electrons. The number of aliphatic hydroxyl groups is 1. The number of aliphatic hydroxyl groups excluding tert-OH is 1. The first kappa shape index (κ1) is 47.2. The molecule has 2 aliphatic carbocycles. The summed E-state index contributed by atoms with van der Waals surface area (Å²) in [6, 6.07) is 0. The van der Waals surface area contributed by atoms with Crippen LogP contribution < -0.4 is 16.4 Å². The smallest absolute Gasteiger partial charge is 0.209 e. The van der Waals surface area contributed by atoms with Gasteiger partial charge in [-0.2, -0.15) is 5.10 Å². The summed E-state index contributed by atoms with van der Waals surface area (Å²) in [6.07, 6.45) is 18.6. The van der Waals surface area contributed by atoms with E-state index in [1.54, 1.807) is 13.8 Å². The molecular formula is C48H79N9O3. The van der Waals surface area contributed by atoms with Crippen LogP contribution in [0.1, 0.15) is 150 Å². The summed E-state index contributed by atoms with van der Waals surface area (Å²) in [6.45, 7) is 25.0. The number of aromatic nitrogens is 2. The maximum absolute atomic E-state index is 11.7. The van der Waals surface area contributed by atoms with Crippen molar-refractivity contribution in [3.8, 4) is 0 Å². The fourth-order valence-electron chi connectivity index (χ4n) is 11.6. The molecule has 0 spiro atoms. The number of allylic oxidation sites excluding steroid dienone is 3. The third kappa shape index (κ3) is 10.9. The summed E-state index contributed by atoms with van der Waals surface area (Å²) < 4.78 is 9.07. The maximum Gasteiger partial charge on any atom is 0.209 e. The van der Waals surface area contributed by atoms with Crippen molar-refractivity contribution in [1.82, 2.24) is 30.2 Å². The molecule has 2 bridgehead atoms. The highest BCUT2D eigenvalue weighted by atomic mass is 16.5. The van der Waals surface area contributed by atoms with E-state index < -0.39 is 0 Å². The Hall–Kier alpha value is -3.90. The van der Waals surface area contributed by atoms with Crippen LogP contribution in [0.2, 0.25) is 0 Å². The number of carbonyl (C=O) groups is 1. The van der Waals surface area contributed by atoms with Crippen molar-refractivity contribution in [3.05, 3.63) is 58.2 Å². The minimum Gasteiger partial charge on any atom is -0.493 e. The SMILES string of the molecule is CCCCN(C)CCOC1(C)CC2(C)CC(C)(Cn3ncc(C4=CC=C(N5CCC/C(=C(\C)C(=N)N)C5=N)N/C4=C(\O)NCCCCCCC(C)=O)c3C)CC(C)(C2)C1C. The molecule has 3 fully saturated rings.